The fraction of sp³-hybridized carbons (Fsp3) is 0.310. The van der Waals surface area contributed by atoms with Gasteiger partial charge in [0, 0.05) is 163 Å². The molecule has 3 saturated heterocycles. The minimum Gasteiger partial charge on any atom is -0.501 e. The van der Waals surface area contributed by atoms with Gasteiger partial charge >= 0.3 is 29.1 Å². The first-order chi connectivity index (χ1) is 71.3. The van der Waals surface area contributed by atoms with Gasteiger partial charge in [0.25, 0.3) is 0 Å². The highest BCUT2D eigenvalue weighted by molar-refractivity contribution is 9.11. The van der Waals surface area contributed by atoms with E-state index in [9.17, 15) is 50.6 Å². The number of nitrogens with two attached hydrogens (primary N) is 1. The van der Waals surface area contributed by atoms with E-state index in [1.807, 2.05) is 74.1 Å². The van der Waals surface area contributed by atoms with Crippen molar-refractivity contribution in [1.82, 2.24) is 89.5 Å². The second kappa shape index (κ2) is 59.3. The maximum atomic E-state index is 11.5. The van der Waals surface area contributed by atoms with Gasteiger partial charge in [-0.3, -0.25) is 29.9 Å². The average molecular weight is 2350 g/mol. The highest BCUT2D eigenvalue weighted by Crippen LogP contribution is 2.43. The summed E-state index contributed by atoms with van der Waals surface area (Å²) in [5.74, 6) is 0.301. The van der Waals surface area contributed by atoms with Crippen LogP contribution in [0, 0.1) is 57.5 Å². The maximum absolute atomic E-state index is 11.5. The molecule has 0 aliphatic carbocycles. The third-order valence-electron chi connectivity index (χ3n) is 22.6. The minimum atomic E-state index is -0.748. The molecule has 15 aromatic heterocycles. The van der Waals surface area contributed by atoms with Crippen LogP contribution < -0.4 is 24.7 Å². The lowest BCUT2D eigenvalue weighted by Crippen LogP contribution is -2.29. The number of aliphatic hydroxyl groups is 2. The van der Waals surface area contributed by atoms with Crippen LogP contribution in [0.4, 0.5) is 34.9 Å². The predicted molar refractivity (Wildman–Crippen MR) is 578 cm³/mol. The number of ether oxygens (including phenoxy) is 4. The smallest absolute Gasteiger partial charge is 0.406 e. The largest absolute Gasteiger partial charge is 0.501 e. The highest BCUT2D eigenvalue weighted by atomic mass is 79.9. The Balaban J connectivity index is 0.000000177. The number of hydrogen-bond donors (Lipinski definition) is 5. The van der Waals surface area contributed by atoms with E-state index in [2.05, 4.69) is 176 Å². The quantitative estimate of drug-likeness (QED) is 0.0277. The van der Waals surface area contributed by atoms with Crippen LogP contribution in [0.5, 0.6) is 34.5 Å². The molecule has 0 saturated carbocycles. The molecule has 3 aliphatic rings. The zero-order valence-corrected chi connectivity index (χ0v) is 91.1. The zero-order valence-electron chi connectivity index (χ0n) is 82.3. The second-order valence-corrected chi connectivity index (χ2v) is 40.7. The SMILES string of the molecule is CC(O)c1ccncc1.CC(O)c1ccncc1.CC(Oc1cc(-c2cnc(C3CCN(C)CC3)s2)cnc1N)c1ccncc1.CC(Oc1cc(-c2cnc(C3CCN(C)CC3)s2)cnc1[N+](=O)[O-])c1ccncc1.CC(Oc1cc(Br)cnc1[N+](=O)[O-])c1ccncc1.CC(Oc1cc(Br)cnc1[N+](=O)[O-])c1ccncc1.Cc1cnc(C2CCN(C)CC2)s1.O=[N+]([O-])c1ncc(Br)cc1O.O=[N+]([O-])c1ncc(Br)cc1O. The summed E-state index contributed by atoms with van der Waals surface area (Å²) in [4.78, 5) is 121. The first-order valence-corrected chi connectivity index (χ1v) is 51.8. The van der Waals surface area contributed by atoms with Crippen LogP contribution in [0.1, 0.15) is 188 Å². The number of nitro groups is 5. The monoisotopic (exact) mass is 2340 g/mol. The number of anilines is 1. The Hall–Kier alpha value is -14.0. The third kappa shape index (κ3) is 37.7. The van der Waals surface area contributed by atoms with Gasteiger partial charge in [0.15, 0.2) is 36.4 Å². The molecule has 0 spiro atoms. The Morgan fingerprint density at radius 3 is 0.846 bits per heavy atom. The number of aliphatic hydroxyl groups excluding tert-OH is 2. The van der Waals surface area contributed by atoms with Gasteiger partial charge in [0.2, 0.25) is 28.7 Å². The van der Waals surface area contributed by atoms with Crippen molar-refractivity contribution >= 4 is 133 Å². The van der Waals surface area contributed by atoms with Gasteiger partial charge in [0.05, 0.1) is 54.9 Å². The number of pyridine rings is 12. The molecule has 149 heavy (non-hydrogen) atoms. The number of rotatable bonds is 24. The Labute approximate surface area is 903 Å². The number of halogens is 4. The average Bonchev–Trinajstić information content (AvgIpc) is 1.68. The van der Waals surface area contributed by atoms with E-state index in [0.717, 1.165) is 104 Å². The summed E-state index contributed by atoms with van der Waals surface area (Å²) < 4.78 is 25.5. The van der Waals surface area contributed by atoms with Crippen LogP contribution in [-0.2, 0) is 0 Å². The van der Waals surface area contributed by atoms with Crippen molar-refractivity contribution in [1.29, 1.82) is 0 Å². The molecule has 6 N–H and O–H groups in total. The predicted octanol–water partition coefficient (Wildman–Crippen LogP) is 22.6. The van der Waals surface area contributed by atoms with E-state index >= 15 is 0 Å². The lowest BCUT2D eigenvalue weighted by Gasteiger charge is -2.27. The van der Waals surface area contributed by atoms with Crippen LogP contribution in [-0.4, -0.2) is 195 Å². The molecule has 42 nitrogen and oxygen atoms in total. The van der Waals surface area contributed by atoms with Crippen molar-refractivity contribution in [2.24, 2.45) is 0 Å². The molecule has 0 amide bonds. The van der Waals surface area contributed by atoms with Crippen molar-refractivity contribution in [2.45, 2.75) is 141 Å². The van der Waals surface area contributed by atoms with Crippen molar-refractivity contribution in [3.05, 3.63) is 361 Å². The van der Waals surface area contributed by atoms with Crippen molar-refractivity contribution < 1.29 is 64.0 Å². The molecule has 6 unspecified atom stereocenters. The number of likely N-dealkylation sites (tertiary alicyclic amines) is 3. The van der Waals surface area contributed by atoms with Crippen LogP contribution in [0.25, 0.3) is 20.9 Å². The van der Waals surface area contributed by atoms with E-state index in [0.29, 0.717) is 41.3 Å². The van der Waals surface area contributed by atoms with Gasteiger partial charge in [-0.2, -0.15) is 0 Å². The standard InChI is InChI=1S/C21H23N5O3S.C21H25N5OS.2C12H10BrN3O3.C10H16N2S.2C7H9NO.2C5H3BrN2O3/c1-14(15-3-7-22-8-4-15)29-18-11-17(12-23-20(18)26(27)28)19-13-24-21(30-19)16-5-9-25(2)10-6-16;1-14(15-3-7-23-8-4-15)27-18-11-17(12-24-20(18)22)19-13-25-21(28-19)16-5-9-26(2)10-6-16;2*1-8(9-2-4-14-5-3-9)19-11-6-10(13)7-15-12(11)16(17)18;1-8-7-11-10(13-8)9-3-5-12(2)6-4-9;2*1-6(9)7-2-4-8-5-3-7;2*6-3-1-4(9)5(7-2-3)8(10)11/h3-4,7-8,11-14,16H,5-6,9-10H2,1-2H3;3-4,7-8,11-14,16H,5-6,9-10H2,1-2H3,(H2,22,24);2*2-8H,1H3;7,9H,3-6H2,1-2H3;2*2-6,9H,1H3;2*1-2,9H. The molecular weight excluding hydrogens is 2240 g/mol. The molecule has 18 heterocycles. The Kier molecular flexibility index (Phi) is 46.5. The summed E-state index contributed by atoms with van der Waals surface area (Å²) in [6.07, 6.45) is 39.6. The van der Waals surface area contributed by atoms with Crippen molar-refractivity contribution in [3.63, 3.8) is 0 Å². The van der Waals surface area contributed by atoms with Gasteiger partial charge in [-0.15, -0.1) is 34.0 Å². The molecule has 3 fully saturated rings. The van der Waals surface area contributed by atoms with Gasteiger partial charge in [-0.1, -0.05) is 0 Å². The van der Waals surface area contributed by atoms with E-state index in [1.165, 1.54) is 109 Å². The molecule has 3 aliphatic heterocycles. The molecule has 0 aromatic carbocycles. The Morgan fingerprint density at radius 1 is 0.336 bits per heavy atom. The van der Waals surface area contributed by atoms with Gasteiger partial charge in [0.1, 0.15) is 30.6 Å². The molecular formula is C100H108Br4N24O18S3. The first kappa shape index (κ1) is 117. The molecule has 6 atom stereocenters. The van der Waals surface area contributed by atoms with Gasteiger partial charge in [-0.05, 0) is 373 Å². The fourth-order valence-corrected chi connectivity index (χ4v) is 18.6. The molecule has 782 valence electrons. The summed E-state index contributed by atoms with van der Waals surface area (Å²) in [7, 11) is 6.52. The number of aromatic nitrogens is 15. The number of aryl methyl sites for hydroxylation is 1. The molecule has 0 radical (unpaired) electrons. The lowest BCUT2D eigenvalue weighted by molar-refractivity contribution is -0.390. The van der Waals surface area contributed by atoms with Gasteiger partial charge in [-0.25, -0.2) is 19.9 Å². The summed E-state index contributed by atoms with van der Waals surface area (Å²) in [6.45, 7) is 19.9. The first-order valence-electron chi connectivity index (χ1n) is 46.1. The number of nitrogen functional groups attached to an aromatic ring is 1. The topological polar surface area (TPSA) is 563 Å². The lowest BCUT2D eigenvalue weighted by atomic mass is 9.98. The number of piperidine rings is 3. The molecule has 18 rings (SSSR count). The Bertz CT molecular complexity index is 6560. The van der Waals surface area contributed by atoms with Crippen molar-refractivity contribution in [2.75, 3.05) is 66.1 Å². The van der Waals surface area contributed by atoms with Crippen LogP contribution in [0.3, 0.4) is 0 Å². The maximum Gasteiger partial charge on any atom is 0.406 e. The van der Waals surface area contributed by atoms with E-state index < -0.39 is 47.8 Å². The summed E-state index contributed by atoms with van der Waals surface area (Å²) in [6, 6.07) is 31.0. The summed E-state index contributed by atoms with van der Waals surface area (Å²) in [5, 5.41) is 93.0. The number of nitrogens with zero attached hydrogens (tertiary/aromatic N) is 23. The third-order valence-corrected chi connectivity index (χ3v) is 27.8. The Morgan fingerprint density at radius 2 is 0.577 bits per heavy atom. The van der Waals surface area contributed by atoms with E-state index in [1.54, 1.807) is 186 Å². The highest BCUT2D eigenvalue weighted by Gasteiger charge is 2.30. The number of hydrogen-bond acceptors (Lipinski definition) is 40. The summed E-state index contributed by atoms with van der Waals surface area (Å²) >= 11 is 17.7. The number of aromatic hydroxyl groups is 2. The van der Waals surface area contributed by atoms with Crippen LogP contribution in [0.15, 0.2) is 257 Å². The molecule has 15 aromatic rings. The van der Waals surface area contributed by atoms with E-state index in [-0.39, 0.29) is 71.3 Å². The fourth-order valence-electron chi connectivity index (χ4n) is 14.3. The molecule has 0 bridgehead atoms. The second-order valence-electron chi connectivity index (χ2n) is 33.6. The number of thiazole rings is 3. The minimum absolute atomic E-state index is 0.128. The van der Waals surface area contributed by atoms with Crippen LogP contribution in [0.2, 0.25) is 0 Å². The molecule has 49 heteroatoms. The normalized spacial score (nSPS) is 14.3. The summed E-state index contributed by atoms with van der Waals surface area (Å²) in [5.41, 5.74) is 13.3. The van der Waals surface area contributed by atoms with Crippen molar-refractivity contribution in [3.8, 4) is 55.4 Å². The van der Waals surface area contributed by atoms with E-state index in [4.69, 9.17) is 50.1 Å². The zero-order chi connectivity index (χ0) is 108. The van der Waals surface area contributed by atoms with Gasteiger partial charge < -0.3 is 110 Å². The van der Waals surface area contributed by atoms with Crippen LogP contribution >= 0.6 is 97.7 Å².